The van der Waals surface area contributed by atoms with E-state index in [0.29, 0.717) is 58.2 Å². The van der Waals surface area contributed by atoms with Crippen molar-refractivity contribution in [3.8, 4) is 22.9 Å². The number of hydrogen-bond acceptors (Lipinski definition) is 12. The highest BCUT2D eigenvalue weighted by atomic mass is 35.5. The fourth-order valence-electron chi connectivity index (χ4n) is 7.99. The van der Waals surface area contributed by atoms with E-state index in [1.807, 2.05) is 46.9 Å². The number of carboxylic acids is 1. The van der Waals surface area contributed by atoms with Crippen molar-refractivity contribution >= 4 is 62.8 Å². The number of thiazole rings is 1. The number of carboxylic acid groups (broad SMARTS) is 1. The number of nitrogens with one attached hydrogen (secondary N) is 3. The molecule has 3 amide bonds. The standard InChI is InChI=1S/C42H57ClN6O9S/c1-9-10-15-42(7,38(52)53)48-36(50)30-18-26(20-49(30)37(51)35(41(4,5)6)47-40(54)58-25-16-23-11-12-24(17-25)56-23)57-32-19-28(29-21-59-39(46-29)44-22(2)3)45-34-27(32)13-14-31(55-8)33(34)43/h13-14,19,21-26,30,35H,9-12,15-18,20H2,1-8H3,(H,44,46)(H,47,54)(H,48,50)(H,52,53)/t23-,24+,25-,26-,30+,35-,42+/m1/s1. The summed E-state index contributed by atoms with van der Waals surface area (Å²) in [5.74, 6) is -1.55. The molecule has 1 aromatic carbocycles. The van der Waals surface area contributed by atoms with Gasteiger partial charge in [0, 0.05) is 42.1 Å². The molecule has 3 aromatic rings. The highest BCUT2D eigenvalue weighted by molar-refractivity contribution is 7.14. The summed E-state index contributed by atoms with van der Waals surface area (Å²) in [5.41, 5.74) is -0.921. The van der Waals surface area contributed by atoms with Crippen LogP contribution in [0.4, 0.5) is 9.93 Å². The number of aliphatic carboxylic acids is 1. The minimum absolute atomic E-state index is 0.0232. The molecule has 4 N–H and O–H groups in total. The second-order valence-electron chi connectivity index (χ2n) is 17.4. The van der Waals surface area contributed by atoms with E-state index >= 15 is 0 Å². The summed E-state index contributed by atoms with van der Waals surface area (Å²) in [4.78, 5) is 66.1. The van der Waals surface area contributed by atoms with Crippen LogP contribution < -0.4 is 25.4 Å². The minimum atomic E-state index is -1.59. The Kier molecular flexibility index (Phi) is 13.5. The first-order chi connectivity index (χ1) is 27.9. The van der Waals surface area contributed by atoms with Crippen LogP contribution in [0.25, 0.3) is 22.3 Å². The molecule has 2 bridgehead atoms. The molecule has 0 saturated carbocycles. The lowest BCUT2D eigenvalue weighted by Gasteiger charge is -2.36. The third kappa shape index (κ3) is 10.1. The van der Waals surface area contributed by atoms with Gasteiger partial charge in [-0.1, -0.05) is 52.1 Å². The number of fused-ring (bicyclic) bond motifs is 3. The van der Waals surface area contributed by atoms with E-state index < -0.39 is 53.0 Å². The zero-order chi connectivity index (χ0) is 42.8. The molecule has 7 atom stereocenters. The van der Waals surface area contributed by atoms with Crippen molar-refractivity contribution in [3.63, 3.8) is 0 Å². The molecule has 3 aliphatic rings. The van der Waals surface area contributed by atoms with Gasteiger partial charge in [0.2, 0.25) is 11.8 Å². The molecule has 3 aliphatic heterocycles. The smallest absolute Gasteiger partial charge is 0.408 e. The van der Waals surface area contributed by atoms with Crippen molar-refractivity contribution in [2.75, 3.05) is 19.0 Å². The second-order valence-corrected chi connectivity index (χ2v) is 18.7. The van der Waals surface area contributed by atoms with E-state index in [1.165, 1.54) is 30.3 Å². The number of anilines is 1. The maximum absolute atomic E-state index is 14.8. The Morgan fingerprint density at radius 2 is 1.75 bits per heavy atom. The Hall–Kier alpha value is -4.41. The first-order valence-corrected chi connectivity index (χ1v) is 21.7. The first kappa shape index (κ1) is 44.2. The number of alkyl carbamates (subject to hydrolysis) is 1. The molecule has 17 heteroatoms. The number of amides is 3. The molecule has 0 spiro atoms. The largest absolute Gasteiger partial charge is 0.495 e. The van der Waals surface area contributed by atoms with Crippen LogP contribution in [0, 0.1) is 5.41 Å². The van der Waals surface area contributed by atoms with Gasteiger partial charge < -0.3 is 44.9 Å². The lowest BCUT2D eigenvalue weighted by Crippen LogP contribution is -2.60. The third-order valence-electron chi connectivity index (χ3n) is 11.2. The number of halogens is 1. The summed E-state index contributed by atoms with van der Waals surface area (Å²) in [6.07, 6.45) is 2.82. The van der Waals surface area contributed by atoms with Crippen LogP contribution in [0.5, 0.6) is 11.5 Å². The molecule has 0 aliphatic carbocycles. The summed E-state index contributed by atoms with van der Waals surface area (Å²) in [5, 5.41) is 22.6. The molecule has 0 radical (unpaired) electrons. The average Bonchev–Trinajstić information content (AvgIpc) is 3.90. The zero-order valence-electron chi connectivity index (χ0n) is 35.1. The average molecular weight is 857 g/mol. The van der Waals surface area contributed by atoms with E-state index in [1.54, 1.807) is 18.2 Å². The Bertz CT molecular complexity index is 2030. The number of ether oxygens (including phenoxy) is 4. The predicted octanol–water partition coefficient (Wildman–Crippen LogP) is 7.19. The van der Waals surface area contributed by atoms with E-state index in [-0.39, 0.29) is 48.8 Å². The number of likely N-dealkylation sites (tertiary alicyclic amines) is 1. The molecule has 322 valence electrons. The summed E-state index contributed by atoms with van der Waals surface area (Å²) in [6.45, 7) is 12.9. The lowest BCUT2D eigenvalue weighted by molar-refractivity contribution is -0.149. The van der Waals surface area contributed by atoms with Crippen LogP contribution in [0.2, 0.25) is 5.02 Å². The number of nitrogens with zero attached hydrogens (tertiary/aromatic N) is 3. The van der Waals surface area contributed by atoms with Gasteiger partial charge in [-0.25, -0.2) is 19.6 Å². The van der Waals surface area contributed by atoms with Gasteiger partial charge in [0.1, 0.15) is 52.0 Å². The zero-order valence-corrected chi connectivity index (χ0v) is 36.6. The first-order valence-electron chi connectivity index (χ1n) is 20.4. The van der Waals surface area contributed by atoms with Crippen LogP contribution in [0.15, 0.2) is 23.6 Å². The number of rotatable bonds is 15. The van der Waals surface area contributed by atoms with Gasteiger partial charge in [-0.2, -0.15) is 0 Å². The van der Waals surface area contributed by atoms with Gasteiger partial charge in [0.15, 0.2) is 5.13 Å². The number of benzene rings is 1. The van der Waals surface area contributed by atoms with Crippen molar-refractivity contribution < 1.29 is 43.2 Å². The Morgan fingerprint density at radius 3 is 2.37 bits per heavy atom. The van der Waals surface area contributed by atoms with Crippen LogP contribution >= 0.6 is 22.9 Å². The second kappa shape index (κ2) is 18.1. The van der Waals surface area contributed by atoms with Gasteiger partial charge in [-0.05, 0) is 57.6 Å². The van der Waals surface area contributed by atoms with Crippen LogP contribution in [0.1, 0.15) is 99.8 Å². The summed E-state index contributed by atoms with van der Waals surface area (Å²) in [7, 11) is 1.51. The Balaban J connectivity index is 1.33. The molecular formula is C42H57ClN6O9S. The molecular weight excluding hydrogens is 800 g/mol. The van der Waals surface area contributed by atoms with Crippen molar-refractivity contribution in [2.45, 2.75) is 148 Å². The molecule has 3 saturated heterocycles. The van der Waals surface area contributed by atoms with Gasteiger partial charge in [-0.3, -0.25) is 9.59 Å². The minimum Gasteiger partial charge on any atom is -0.495 e. The quantitative estimate of drug-likeness (QED) is 0.121. The van der Waals surface area contributed by atoms with Crippen molar-refractivity contribution in [1.82, 2.24) is 25.5 Å². The van der Waals surface area contributed by atoms with E-state index in [9.17, 15) is 24.3 Å². The highest BCUT2D eigenvalue weighted by Crippen LogP contribution is 2.40. The number of hydrogen-bond donors (Lipinski definition) is 4. The van der Waals surface area contributed by atoms with Crippen molar-refractivity contribution in [2.24, 2.45) is 5.41 Å². The van der Waals surface area contributed by atoms with Crippen LogP contribution in [0.3, 0.4) is 0 Å². The summed E-state index contributed by atoms with van der Waals surface area (Å²) in [6, 6.07) is 3.16. The van der Waals surface area contributed by atoms with E-state index in [0.717, 1.165) is 19.3 Å². The molecule has 6 rings (SSSR count). The van der Waals surface area contributed by atoms with Crippen LogP contribution in [-0.2, 0) is 23.9 Å². The summed E-state index contributed by atoms with van der Waals surface area (Å²) >= 11 is 8.27. The van der Waals surface area contributed by atoms with Gasteiger partial charge >= 0.3 is 12.1 Å². The number of methoxy groups -OCH3 is 1. The number of aromatic nitrogens is 2. The lowest BCUT2D eigenvalue weighted by atomic mass is 9.85. The molecule has 59 heavy (non-hydrogen) atoms. The molecule has 5 heterocycles. The van der Waals surface area contributed by atoms with Gasteiger partial charge in [-0.15, -0.1) is 11.3 Å². The van der Waals surface area contributed by atoms with E-state index in [4.69, 9.17) is 40.5 Å². The number of carbonyl (C=O) groups is 4. The maximum atomic E-state index is 14.8. The van der Waals surface area contributed by atoms with Crippen LogP contribution in [-0.4, -0.2) is 106 Å². The topological polar surface area (TPSA) is 191 Å². The van der Waals surface area contributed by atoms with Gasteiger partial charge in [0.25, 0.3) is 0 Å². The molecule has 3 fully saturated rings. The number of carbonyl (C=O) groups excluding carboxylic acids is 3. The fourth-order valence-corrected chi connectivity index (χ4v) is 9.12. The third-order valence-corrected chi connectivity index (χ3v) is 12.3. The number of pyridine rings is 1. The monoisotopic (exact) mass is 856 g/mol. The predicted molar refractivity (Wildman–Crippen MR) is 225 cm³/mol. The Morgan fingerprint density at radius 1 is 1.03 bits per heavy atom. The highest BCUT2D eigenvalue weighted by Gasteiger charge is 2.48. The Labute approximate surface area is 354 Å². The molecule has 0 unspecified atom stereocenters. The molecule has 2 aromatic heterocycles. The van der Waals surface area contributed by atoms with Crippen molar-refractivity contribution in [3.05, 3.63) is 28.6 Å². The van der Waals surface area contributed by atoms with Gasteiger partial charge in [0.05, 0.1) is 37.1 Å². The number of unbranched alkanes of at least 4 members (excludes halogenated alkanes) is 1. The summed E-state index contributed by atoms with van der Waals surface area (Å²) < 4.78 is 24.0. The van der Waals surface area contributed by atoms with E-state index in [2.05, 4.69) is 16.0 Å². The van der Waals surface area contributed by atoms with Crippen molar-refractivity contribution in [1.29, 1.82) is 0 Å². The fraction of sp³-hybridized carbons (Fsp3) is 0.619. The SMILES string of the molecule is CCCC[C@](C)(NC(=O)[C@@H]1C[C@@H](Oc2cc(-c3csc(NC(C)C)n3)nc3c(Cl)c(OC)ccc23)CN1C(=O)[C@@H](NC(=O)O[C@@H]1C[C@H]2CC[C@@H](C1)O2)C(C)(C)C)C(=O)O. The maximum Gasteiger partial charge on any atom is 0.408 e. The normalized spacial score (nSPS) is 23.1. The molecule has 15 nitrogen and oxygen atoms in total.